The van der Waals surface area contributed by atoms with Gasteiger partial charge < -0.3 is 4.57 Å². The molecule has 3 aromatic rings. The summed E-state index contributed by atoms with van der Waals surface area (Å²) in [6.45, 7) is 2.42. The molecule has 0 N–H and O–H groups in total. The summed E-state index contributed by atoms with van der Waals surface area (Å²) in [5.41, 5.74) is 4.00. The molecular weight excluding hydrogens is 286 g/mol. The minimum Gasteiger partial charge on any atom is -0.321 e. The van der Waals surface area contributed by atoms with E-state index in [2.05, 4.69) is 21.0 Å². The third-order valence-corrected chi connectivity index (χ3v) is 3.47. The van der Waals surface area contributed by atoms with E-state index in [1.807, 2.05) is 23.6 Å². The van der Waals surface area contributed by atoms with Gasteiger partial charge in [0.25, 0.3) is 0 Å². The first-order valence-electron chi connectivity index (χ1n) is 6.44. The fraction of sp³-hybridized carbons (Fsp3) is 0.200. The molecule has 0 saturated carbocycles. The summed E-state index contributed by atoms with van der Waals surface area (Å²) in [5.74, 6) is 1.06. The second-order valence-corrected chi connectivity index (χ2v) is 4.98. The van der Waals surface area contributed by atoms with Crippen molar-refractivity contribution in [3.63, 3.8) is 0 Å². The van der Waals surface area contributed by atoms with Gasteiger partial charge in [-0.3, -0.25) is 9.97 Å². The van der Waals surface area contributed by atoms with E-state index in [1.165, 1.54) is 0 Å². The fourth-order valence-corrected chi connectivity index (χ4v) is 2.39. The molecule has 21 heavy (non-hydrogen) atoms. The number of rotatable bonds is 3. The number of nitrogens with zero attached hydrogens (tertiary/aromatic N) is 5. The van der Waals surface area contributed by atoms with E-state index in [0.717, 1.165) is 28.2 Å². The molecule has 0 bridgehead atoms. The fourth-order valence-electron chi connectivity index (χ4n) is 2.18. The van der Waals surface area contributed by atoms with Gasteiger partial charge in [0.05, 0.1) is 52.7 Å². The Labute approximate surface area is 126 Å². The van der Waals surface area contributed by atoms with E-state index in [0.29, 0.717) is 18.0 Å². The molecule has 1 aromatic carbocycles. The molecule has 0 unspecified atom stereocenters. The summed E-state index contributed by atoms with van der Waals surface area (Å²) in [7, 11) is 0. The minimum absolute atomic E-state index is 0.301. The van der Waals surface area contributed by atoms with Crippen molar-refractivity contribution in [2.75, 3.05) is 0 Å². The Morgan fingerprint density at radius 1 is 1.29 bits per heavy atom. The number of hydrogen-bond donors (Lipinski definition) is 0. The Morgan fingerprint density at radius 3 is 2.81 bits per heavy atom. The number of aryl methyl sites for hydroxylation is 1. The maximum Gasteiger partial charge on any atom is 0.125 e. The molecule has 0 atom stereocenters. The maximum atomic E-state index is 9.04. The number of imidazole rings is 1. The van der Waals surface area contributed by atoms with E-state index >= 15 is 0 Å². The van der Waals surface area contributed by atoms with Gasteiger partial charge in [0.2, 0.25) is 0 Å². The van der Waals surface area contributed by atoms with Gasteiger partial charge in [-0.1, -0.05) is 0 Å². The van der Waals surface area contributed by atoms with Crippen LogP contribution in [0.15, 0.2) is 30.6 Å². The van der Waals surface area contributed by atoms with Crippen molar-refractivity contribution in [1.82, 2.24) is 19.5 Å². The zero-order valence-corrected chi connectivity index (χ0v) is 12.2. The first-order valence-corrected chi connectivity index (χ1v) is 6.97. The minimum atomic E-state index is 0.301. The standard InChI is InChI=1S/C15H12ClN5/c1-10-7-19-12(8-18-10)9-21-14-4-11(6-17)2-3-13(14)20-15(21)5-16/h2-4,7-8H,5,9H2,1H3. The largest absolute Gasteiger partial charge is 0.321 e. The van der Waals surface area contributed by atoms with Gasteiger partial charge in [-0.15, -0.1) is 11.6 Å². The Bertz CT molecular complexity index is 830. The van der Waals surface area contributed by atoms with Crippen LogP contribution in [0.2, 0.25) is 0 Å². The van der Waals surface area contributed by atoms with Crippen LogP contribution in [0.5, 0.6) is 0 Å². The van der Waals surface area contributed by atoms with Gasteiger partial charge in [0, 0.05) is 6.20 Å². The van der Waals surface area contributed by atoms with Crippen molar-refractivity contribution in [3.8, 4) is 6.07 Å². The molecule has 0 spiro atoms. The van der Waals surface area contributed by atoms with E-state index < -0.39 is 0 Å². The van der Waals surface area contributed by atoms with Gasteiger partial charge in [-0.2, -0.15) is 5.26 Å². The lowest BCUT2D eigenvalue weighted by molar-refractivity contribution is 0.751. The molecule has 104 valence electrons. The molecule has 0 amide bonds. The van der Waals surface area contributed by atoms with E-state index in [9.17, 15) is 0 Å². The zero-order valence-electron chi connectivity index (χ0n) is 11.4. The number of halogens is 1. The smallest absolute Gasteiger partial charge is 0.125 e. The Kier molecular flexibility index (Phi) is 3.55. The third-order valence-electron chi connectivity index (χ3n) is 3.23. The highest BCUT2D eigenvalue weighted by molar-refractivity contribution is 6.16. The van der Waals surface area contributed by atoms with Crippen molar-refractivity contribution in [3.05, 3.63) is 53.4 Å². The number of nitriles is 1. The highest BCUT2D eigenvalue weighted by Gasteiger charge is 2.11. The Balaban J connectivity index is 2.10. The molecule has 0 saturated heterocycles. The zero-order chi connectivity index (χ0) is 14.8. The van der Waals surface area contributed by atoms with Crippen LogP contribution >= 0.6 is 11.6 Å². The topological polar surface area (TPSA) is 67.4 Å². The monoisotopic (exact) mass is 297 g/mol. The molecule has 3 rings (SSSR count). The maximum absolute atomic E-state index is 9.04. The first-order chi connectivity index (χ1) is 10.2. The lowest BCUT2D eigenvalue weighted by atomic mass is 10.2. The van der Waals surface area contributed by atoms with Gasteiger partial charge in [-0.25, -0.2) is 4.98 Å². The van der Waals surface area contributed by atoms with Gasteiger partial charge in [0.1, 0.15) is 5.82 Å². The number of aromatic nitrogens is 4. The van der Waals surface area contributed by atoms with E-state index in [1.54, 1.807) is 18.5 Å². The predicted octanol–water partition coefficient (Wildman–Crippen LogP) is 2.79. The number of fused-ring (bicyclic) bond motifs is 1. The molecule has 0 aliphatic carbocycles. The van der Waals surface area contributed by atoms with Crippen molar-refractivity contribution in [1.29, 1.82) is 5.26 Å². The van der Waals surface area contributed by atoms with Crippen molar-refractivity contribution in [2.24, 2.45) is 0 Å². The van der Waals surface area contributed by atoms with Crippen molar-refractivity contribution < 1.29 is 0 Å². The van der Waals surface area contributed by atoms with Crippen molar-refractivity contribution >= 4 is 22.6 Å². The molecule has 0 aliphatic heterocycles. The summed E-state index contributed by atoms with van der Waals surface area (Å²) in [6.07, 6.45) is 3.48. The molecule has 0 aliphatic rings. The first kappa shape index (κ1) is 13.5. The number of alkyl halides is 1. The summed E-state index contributed by atoms with van der Waals surface area (Å²) < 4.78 is 1.97. The Morgan fingerprint density at radius 2 is 2.14 bits per heavy atom. The molecule has 2 heterocycles. The van der Waals surface area contributed by atoms with Gasteiger partial charge >= 0.3 is 0 Å². The SMILES string of the molecule is Cc1cnc(Cn2c(CCl)nc3ccc(C#N)cc32)cn1. The van der Waals surface area contributed by atoms with Crippen LogP contribution in [-0.4, -0.2) is 19.5 Å². The summed E-state index contributed by atoms with van der Waals surface area (Å²) in [4.78, 5) is 13.1. The van der Waals surface area contributed by atoms with Gasteiger partial charge in [0.15, 0.2) is 0 Å². The van der Waals surface area contributed by atoms with Crippen molar-refractivity contribution in [2.45, 2.75) is 19.3 Å². The van der Waals surface area contributed by atoms with Crippen LogP contribution in [0.25, 0.3) is 11.0 Å². The summed E-state index contributed by atoms with van der Waals surface area (Å²) in [6, 6.07) is 7.55. The van der Waals surface area contributed by atoms with Crippen LogP contribution in [0, 0.1) is 18.3 Å². The summed E-state index contributed by atoms with van der Waals surface area (Å²) in [5, 5.41) is 9.04. The normalized spacial score (nSPS) is 10.7. The second-order valence-electron chi connectivity index (χ2n) is 4.71. The molecular formula is C15H12ClN5. The van der Waals surface area contributed by atoms with Crippen LogP contribution in [0.4, 0.5) is 0 Å². The van der Waals surface area contributed by atoms with Crippen LogP contribution < -0.4 is 0 Å². The summed E-state index contributed by atoms with van der Waals surface area (Å²) >= 11 is 5.98. The third kappa shape index (κ3) is 2.58. The van der Waals surface area contributed by atoms with E-state index in [4.69, 9.17) is 16.9 Å². The molecule has 6 heteroatoms. The Hall–Kier alpha value is -2.45. The second kappa shape index (κ2) is 5.51. The predicted molar refractivity (Wildman–Crippen MR) is 79.9 cm³/mol. The molecule has 5 nitrogen and oxygen atoms in total. The highest BCUT2D eigenvalue weighted by atomic mass is 35.5. The average Bonchev–Trinajstić information content (AvgIpc) is 2.86. The lowest BCUT2D eigenvalue weighted by Crippen LogP contribution is -2.06. The average molecular weight is 298 g/mol. The number of benzene rings is 1. The van der Waals surface area contributed by atoms with Gasteiger partial charge in [-0.05, 0) is 25.1 Å². The molecule has 0 radical (unpaired) electrons. The highest BCUT2D eigenvalue weighted by Crippen LogP contribution is 2.20. The molecule has 0 fully saturated rings. The quantitative estimate of drug-likeness (QED) is 0.697. The number of hydrogen-bond acceptors (Lipinski definition) is 4. The molecule has 2 aromatic heterocycles. The lowest BCUT2D eigenvalue weighted by Gasteiger charge is -2.07. The van der Waals surface area contributed by atoms with Crippen LogP contribution in [0.1, 0.15) is 22.8 Å². The van der Waals surface area contributed by atoms with E-state index in [-0.39, 0.29) is 0 Å². The van der Waals surface area contributed by atoms with Crippen LogP contribution in [0.3, 0.4) is 0 Å². The van der Waals surface area contributed by atoms with Crippen LogP contribution in [-0.2, 0) is 12.4 Å².